The zero-order chi connectivity index (χ0) is 16.4. The van der Waals surface area contributed by atoms with Crippen LogP contribution in [0.2, 0.25) is 10.3 Å². The van der Waals surface area contributed by atoms with Crippen LogP contribution in [0, 0.1) is 11.6 Å². The van der Waals surface area contributed by atoms with E-state index in [0.29, 0.717) is 0 Å². The number of carbonyl (C=O) groups excluding carboxylic acids is 2. The first-order valence-corrected chi connectivity index (χ1v) is 6.47. The van der Waals surface area contributed by atoms with E-state index in [1.807, 2.05) is 0 Å². The van der Waals surface area contributed by atoms with Gasteiger partial charge in [0.05, 0.1) is 11.1 Å². The topological polar surface area (TPSA) is 85.1 Å². The fourth-order valence-corrected chi connectivity index (χ4v) is 2.00. The van der Waals surface area contributed by atoms with Gasteiger partial charge in [-0.1, -0.05) is 23.2 Å². The highest BCUT2D eigenvalue weighted by molar-refractivity contribution is 6.35. The maximum atomic E-state index is 13.6. The van der Waals surface area contributed by atoms with Gasteiger partial charge in [-0.2, -0.15) is 0 Å². The molecule has 3 N–H and O–H groups in total. The van der Waals surface area contributed by atoms with Crippen LogP contribution < -0.4 is 11.1 Å². The molecule has 1 aromatic heterocycles. The fraction of sp³-hybridized carbons (Fsp3) is 0. The minimum absolute atomic E-state index is 0.0268. The summed E-state index contributed by atoms with van der Waals surface area (Å²) in [5.41, 5.74) is 4.39. The van der Waals surface area contributed by atoms with Gasteiger partial charge >= 0.3 is 0 Å². The maximum Gasteiger partial charge on any atom is 0.258 e. The van der Waals surface area contributed by atoms with Gasteiger partial charge in [-0.15, -0.1) is 0 Å². The Morgan fingerprint density at radius 3 is 2.32 bits per heavy atom. The average molecular weight is 346 g/mol. The Kier molecular flexibility index (Phi) is 4.58. The molecule has 2 amide bonds. The SMILES string of the molecule is NC(=O)c1ccc(NC(=O)c2cc(F)c(Cl)nc2Cl)cc1F. The van der Waals surface area contributed by atoms with Crippen molar-refractivity contribution in [2.45, 2.75) is 0 Å². The predicted molar refractivity (Wildman–Crippen MR) is 77.1 cm³/mol. The number of pyridine rings is 1. The standard InChI is InChI=1S/C13H7Cl2F2N3O2/c14-10-7(4-9(17)11(15)20-10)13(22)19-5-1-2-6(12(18)21)8(16)3-5/h1-4H,(H2,18,21)(H,19,22). The Hall–Kier alpha value is -2.25. The Morgan fingerprint density at radius 2 is 1.73 bits per heavy atom. The van der Waals surface area contributed by atoms with E-state index in [9.17, 15) is 18.4 Å². The third kappa shape index (κ3) is 3.32. The molecule has 0 spiro atoms. The molecule has 0 atom stereocenters. The monoisotopic (exact) mass is 345 g/mol. The van der Waals surface area contributed by atoms with Gasteiger partial charge in [-0.3, -0.25) is 9.59 Å². The Labute approximate surface area is 133 Å². The lowest BCUT2D eigenvalue weighted by molar-refractivity contribution is 0.0994. The lowest BCUT2D eigenvalue weighted by Crippen LogP contribution is -2.16. The number of rotatable bonds is 3. The Morgan fingerprint density at radius 1 is 1.05 bits per heavy atom. The van der Waals surface area contributed by atoms with Gasteiger partial charge in [0.15, 0.2) is 11.0 Å². The molecule has 1 aromatic carbocycles. The van der Waals surface area contributed by atoms with Crippen molar-refractivity contribution >= 4 is 40.7 Å². The van der Waals surface area contributed by atoms with Crippen molar-refractivity contribution in [1.82, 2.24) is 4.98 Å². The highest BCUT2D eigenvalue weighted by Gasteiger charge is 2.17. The number of hydrogen-bond acceptors (Lipinski definition) is 3. The van der Waals surface area contributed by atoms with Gasteiger partial charge < -0.3 is 11.1 Å². The molecule has 1 heterocycles. The van der Waals surface area contributed by atoms with Gasteiger partial charge in [0.1, 0.15) is 11.0 Å². The average Bonchev–Trinajstić information content (AvgIpc) is 2.42. The van der Waals surface area contributed by atoms with E-state index in [1.165, 1.54) is 6.07 Å². The predicted octanol–water partition coefficient (Wildman–Crippen LogP) is 3.02. The lowest BCUT2D eigenvalue weighted by Gasteiger charge is -2.08. The largest absolute Gasteiger partial charge is 0.366 e. The molecule has 114 valence electrons. The van der Waals surface area contributed by atoms with Crippen LogP contribution >= 0.6 is 23.2 Å². The van der Waals surface area contributed by atoms with E-state index >= 15 is 0 Å². The van der Waals surface area contributed by atoms with Crippen molar-refractivity contribution in [2.24, 2.45) is 5.73 Å². The summed E-state index contributed by atoms with van der Waals surface area (Å²) < 4.78 is 26.9. The first-order valence-electron chi connectivity index (χ1n) is 5.72. The van der Waals surface area contributed by atoms with Crippen LogP contribution in [0.5, 0.6) is 0 Å². The second-order valence-corrected chi connectivity index (χ2v) is 4.83. The van der Waals surface area contributed by atoms with E-state index < -0.39 is 28.6 Å². The Balaban J connectivity index is 2.28. The second kappa shape index (κ2) is 6.25. The summed E-state index contributed by atoms with van der Waals surface area (Å²) in [6, 6.07) is 4.07. The molecule has 0 aliphatic rings. The first-order chi connectivity index (χ1) is 10.3. The van der Waals surface area contributed by atoms with Gasteiger partial charge in [-0.25, -0.2) is 13.8 Å². The summed E-state index contributed by atoms with van der Waals surface area (Å²) in [4.78, 5) is 26.3. The van der Waals surface area contributed by atoms with Crippen molar-refractivity contribution in [3.63, 3.8) is 0 Å². The minimum atomic E-state index is -0.942. The van der Waals surface area contributed by atoms with Crippen LogP contribution in [-0.4, -0.2) is 16.8 Å². The van der Waals surface area contributed by atoms with Gasteiger partial charge in [0.2, 0.25) is 0 Å². The summed E-state index contributed by atoms with van der Waals surface area (Å²) in [7, 11) is 0. The lowest BCUT2D eigenvalue weighted by atomic mass is 10.1. The summed E-state index contributed by atoms with van der Waals surface area (Å²) >= 11 is 11.1. The molecule has 22 heavy (non-hydrogen) atoms. The highest BCUT2D eigenvalue weighted by Crippen LogP contribution is 2.22. The normalized spacial score (nSPS) is 10.4. The molecular weight excluding hydrogens is 339 g/mol. The molecule has 0 radical (unpaired) electrons. The van der Waals surface area contributed by atoms with E-state index in [4.69, 9.17) is 28.9 Å². The number of hydrogen-bond donors (Lipinski definition) is 2. The quantitative estimate of drug-likeness (QED) is 0.838. The van der Waals surface area contributed by atoms with Crippen molar-refractivity contribution in [3.05, 3.63) is 57.3 Å². The third-order valence-corrected chi connectivity index (χ3v) is 3.18. The molecule has 0 fully saturated rings. The van der Waals surface area contributed by atoms with E-state index in [0.717, 1.165) is 18.2 Å². The summed E-state index contributed by atoms with van der Waals surface area (Å²) in [6.07, 6.45) is 0. The number of nitrogens with zero attached hydrogens (tertiary/aromatic N) is 1. The smallest absolute Gasteiger partial charge is 0.258 e. The molecule has 0 bridgehead atoms. The number of benzene rings is 1. The molecule has 2 rings (SSSR count). The van der Waals surface area contributed by atoms with Crippen molar-refractivity contribution in [2.75, 3.05) is 5.32 Å². The molecule has 0 aliphatic carbocycles. The van der Waals surface area contributed by atoms with Crippen LogP contribution in [-0.2, 0) is 0 Å². The van der Waals surface area contributed by atoms with E-state index in [-0.39, 0.29) is 22.0 Å². The first kappa shape index (κ1) is 16.1. The molecule has 2 aromatic rings. The number of nitrogens with one attached hydrogen (secondary N) is 1. The number of carbonyl (C=O) groups is 2. The van der Waals surface area contributed by atoms with Crippen molar-refractivity contribution in [3.8, 4) is 0 Å². The van der Waals surface area contributed by atoms with Crippen molar-refractivity contribution < 1.29 is 18.4 Å². The third-order valence-electron chi connectivity index (χ3n) is 2.62. The molecule has 0 saturated heterocycles. The summed E-state index contributed by atoms with van der Waals surface area (Å²) in [5, 5.41) is 1.51. The van der Waals surface area contributed by atoms with Crippen LogP contribution in [0.15, 0.2) is 24.3 Å². The van der Waals surface area contributed by atoms with Gasteiger partial charge in [0, 0.05) is 5.69 Å². The minimum Gasteiger partial charge on any atom is -0.366 e. The molecule has 0 saturated carbocycles. The van der Waals surface area contributed by atoms with Crippen LogP contribution in [0.3, 0.4) is 0 Å². The van der Waals surface area contributed by atoms with Gasteiger partial charge in [-0.05, 0) is 24.3 Å². The van der Waals surface area contributed by atoms with Crippen LogP contribution in [0.1, 0.15) is 20.7 Å². The number of nitrogens with two attached hydrogens (primary N) is 1. The fourth-order valence-electron chi connectivity index (χ4n) is 1.60. The second-order valence-electron chi connectivity index (χ2n) is 4.11. The number of aromatic nitrogens is 1. The van der Waals surface area contributed by atoms with Crippen molar-refractivity contribution in [1.29, 1.82) is 0 Å². The van der Waals surface area contributed by atoms with E-state index in [1.54, 1.807) is 0 Å². The summed E-state index contributed by atoms with van der Waals surface area (Å²) in [5.74, 6) is -3.59. The molecule has 9 heteroatoms. The number of anilines is 1. The van der Waals surface area contributed by atoms with Crippen LogP contribution in [0.4, 0.5) is 14.5 Å². The zero-order valence-electron chi connectivity index (χ0n) is 10.7. The molecular formula is C13H7Cl2F2N3O2. The molecule has 5 nitrogen and oxygen atoms in total. The zero-order valence-corrected chi connectivity index (χ0v) is 12.2. The maximum absolute atomic E-state index is 13.6. The Bertz CT molecular complexity index is 784. The number of amides is 2. The summed E-state index contributed by atoms with van der Waals surface area (Å²) in [6.45, 7) is 0. The number of primary amides is 1. The highest BCUT2D eigenvalue weighted by atomic mass is 35.5. The van der Waals surface area contributed by atoms with E-state index in [2.05, 4.69) is 10.3 Å². The van der Waals surface area contributed by atoms with Gasteiger partial charge in [0.25, 0.3) is 11.8 Å². The molecule has 0 unspecified atom stereocenters. The van der Waals surface area contributed by atoms with Crippen LogP contribution in [0.25, 0.3) is 0 Å². The number of halogens is 4. The molecule has 0 aliphatic heterocycles.